The van der Waals surface area contributed by atoms with E-state index in [0.29, 0.717) is 6.54 Å². The fourth-order valence-corrected chi connectivity index (χ4v) is 3.45. The summed E-state index contributed by atoms with van der Waals surface area (Å²) in [5, 5.41) is 0. The zero-order valence-electron chi connectivity index (χ0n) is 13.4. The lowest BCUT2D eigenvalue weighted by Crippen LogP contribution is -2.28. The number of nitrogens with zero attached hydrogens (tertiary/aromatic N) is 1. The van der Waals surface area contributed by atoms with Gasteiger partial charge in [-0.3, -0.25) is 4.79 Å². The van der Waals surface area contributed by atoms with E-state index >= 15 is 0 Å². The SMILES string of the molecule is Cc1ccc(S(=O)(=O)CCC(=O)N(C)Cc2ccccc2)cc1. The molecule has 0 fully saturated rings. The highest BCUT2D eigenvalue weighted by atomic mass is 32.2. The van der Waals surface area contributed by atoms with Crippen LogP contribution in [0.25, 0.3) is 0 Å². The van der Waals surface area contributed by atoms with Crippen LogP contribution in [0.1, 0.15) is 17.5 Å². The van der Waals surface area contributed by atoms with Crippen molar-refractivity contribution >= 4 is 15.7 Å². The van der Waals surface area contributed by atoms with Gasteiger partial charge in [-0.1, -0.05) is 48.0 Å². The first-order valence-corrected chi connectivity index (χ1v) is 9.11. The Morgan fingerprint density at radius 2 is 1.61 bits per heavy atom. The maximum Gasteiger partial charge on any atom is 0.223 e. The predicted molar refractivity (Wildman–Crippen MR) is 90.8 cm³/mol. The lowest BCUT2D eigenvalue weighted by atomic mass is 10.2. The van der Waals surface area contributed by atoms with Gasteiger partial charge in [0.1, 0.15) is 0 Å². The molecule has 2 aromatic rings. The van der Waals surface area contributed by atoms with Gasteiger partial charge in [0.25, 0.3) is 0 Å². The molecule has 0 saturated heterocycles. The topological polar surface area (TPSA) is 54.5 Å². The highest BCUT2D eigenvalue weighted by Gasteiger charge is 2.18. The number of sulfone groups is 1. The summed E-state index contributed by atoms with van der Waals surface area (Å²) in [7, 11) is -1.74. The summed E-state index contributed by atoms with van der Waals surface area (Å²) in [5.74, 6) is -0.349. The molecule has 0 bridgehead atoms. The van der Waals surface area contributed by atoms with E-state index in [2.05, 4.69) is 0 Å². The molecule has 23 heavy (non-hydrogen) atoms. The van der Waals surface area contributed by atoms with Crippen LogP contribution in [-0.4, -0.2) is 32.0 Å². The van der Waals surface area contributed by atoms with Gasteiger partial charge >= 0.3 is 0 Å². The van der Waals surface area contributed by atoms with E-state index in [1.807, 2.05) is 37.3 Å². The molecule has 0 atom stereocenters. The summed E-state index contributed by atoms with van der Waals surface area (Å²) in [6.07, 6.45) is -0.0143. The van der Waals surface area contributed by atoms with Gasteiger partial charge in [-0.25, -0.2) is 8.42 Å². The molecule has 0 unspecified atom stereocenters. The van der Waals surface area contributed by atoms with Crippen molar-refractivity contribution in [3.8, 4) is 0 Å². The van der Waals surface area contributed by atoms with Crippen molar-refractivity contribution < 1.29 is 13.2 Å². The predicted octanol–water partition coefficient (Wildman–Crippen LogP) is 2.82. The van der Waals surface area contributed by atoms with Crippen molar-refractivity contribution in [1.82, 2.24) is 4.90 Å². The normalized spacial score (nSPS) is 11.2. The summed E-state index contributed by atoms with van der Waals surface area (Å²) in [6, 6.07) is 16.3. The number of carbonyl (C=O) groups excluding carboxylic acids is 1. The maximum atomic E-state index is 12.3. The van der Waals surface area contributed by atoms with Crippen LogP contribution < -0.4 is 0 Å². The van der Waals surface area contributed by atoms with Gasteiger partial charge in [0.2, 0.25) is 5.91 Å². The monoisotopic (exact) mass is 331 g/mol. The smallest absolute Gasteiger partial charge is 0.223 e. The molecule has 0 N–H and O–H groups in total. The van der Waals surface area contributed by atoms with Gasteiger partial charge < -0.3 is 4.90 Å². The first-order valence-electron chi connectivity index (χ1n) is 7.46. The Balaban J connectivity index is 1.94. The third kappa shape index (κ3) is 4.93. The van der Waals surface area contributed by atoms with Gasteiger partial charge in [0, 0.05) is 20.0 Å². The van der Waals surface area contributed by atoms with Crippen LogP contribution >= 0.6 is 0 Å². The van der Waals surface area contributed by atoms with Crippen molar-refractivity contribution in [3.05, 3.63) is 65.7 Å². The molecule has 0 aromatic heterocycles. The van der Waals surface area contributed by atoms with Crippen LogP contribution in [0.4, 0.5) is 0 Å². The summed E-state index contributed by atoms with van der Waals surface area (Å²) in [4.78, 5) is 14.0. The Labute approximate surface area is 137 Å². The van der Waals surface area contributed by atoms with E-state index in [1.54, 1.807) is 36.2 Å². The summed E-state index contributed by atoms with van der Waals surface area (Å²) in [6.45, 7) is 2.38. The molecule has 1 amide bonds. The van der Waals surface area contributed by atoms with Crippen molar-refractivity contribution in [2.24, 2.45) is 0 Å². The van der Waals surface area contributed by atoms with Crippen molar-refractivity contribution in [2.45, 2.75) is 24.8 Å². The maximum absolute atomic E-state index is 12.3. The molecule has 122 valence electrons. The van der Waals surface area contributed by atoms with Crippen LogP contribution in [0.5, 0.6) is 0 Å². The molecule has 0 aliphatic heterocycles. The Bertz CT molecular complexity index is 753. The second kappa shape index (κ2) is 7.42. The van der Waals surface area contributed by atoms with E-state index in [9.17, 15) is 13.2 Å². The Morgan fingerprint density at radius 1 is 1.00 bits per heavy atom. The van der Waals surface area contributed by atoms with E-state index < -0.39 is 9.84 Å². The first kappa shape index (κ1) is 17.2. The molecule has 0 radical (unpaired) electrons. The largest absolute Gasteiger partial charge is 0.341 e. The molecular weight excluding hydrogens is 310 g/mol. The number of hydrogen-bond donors (Lipinski definition) is 0. The van der Waals surface area contributed by atoms with Gasteiger partial charge in [0.15, 0.2) is 9.84 Å². The summed E-state index contributed by atoms with van der Waals surface area (Å²) in [5.41, 5.74) is 2.02. The number of amides is 1. The molecule has 0 heterocycles. The Hall–Kier alpha value is -2.14. The first-order chi connectivity index (χ1) is 10.9. The van der Waals surface area contributed by atoms with Crippen molar-refractivity contribution in [2.75, 3.05) is 12.8 Å². The highest BCUT2D eigenvalue weighted by Crippen LogP contribution is 2.14. The van der Waals surface area contributed by atoms with E-state index in [0.717, 1.165) is 11.1 Å². The number of carbonyl (C=O) groups is 1. The second-order valence-electron chi connectivity index (χ2n) is 5.62. The highest BCUT2D eigenvalue weighted by molar-refractivity contribution is 7.91. The molecule has 2 aromatic carbocycles. The minimum Gasteiger partial charge on any atom is -0.341 e. The van der Waals surface area contributed by atoms with Crippen LogP contribution in [0.15, 0.2) is 59.5 Å². The standard InChI is InChI=1S/C18H21NO3S/c1-15-8-10-17(11-9-15)23(21,22)13-12-18(20)19(2)14-16-6-4-3-5-7-16/h3-11H,12-14H2,1-2H3. The molecule has 0 spiro atoms. The lowest BCUT2D eigenvalue weighted by molar-refractivity contribution is -0.130. The van der Waals surface area contributed by atoms with Crippen LogP contribution in [0, 0.1) is 6.92 Å². The minimum atomic E-state index is -3.43. The average Bonchev–Trinajstić information content (AvgIpc) is 2.54. The third-order valence-corrected chi connectivity index (χ3v) is 5.39. The third-order valence-electron chi connectivity index (χ3n) is 3.65. The van der Waals surface area contributed by atoms with Crippen LogP contribution in [-0.2, 0) is 21.2 Å². The molecule has 0 aliphatic rings. The zero-order chi connectivity index (χ0) is 16.9. The molecule has 0 aliphatic carbocycles. The van der Waals surface area contributed by atoms with E-state index in [1.165, 1.54) is 0 Å². The summed E-state index contributed by atoms with van der Waals surface area (Å²) < 4.78 is 24.5. The zero-order valence-corrected chi connectivity index (χ0v) is 14.2. The van der Waals surface area contributed by atoms with Gasteiger partial charge in [-0.05, 0) is 24.6 Å². The minimum absolute atomic E-state index is 0.0143. The Morgan fingerprint density at radius 3 is 2.22 bits per heavy atom. The van der Waals surface area contributed by atoms with Crippen LogP contribution in [0.3, 0.4) is 0 Å². The Kier molecular flexibility index (Phi) is 5.55. The fraction of sp³-hybridized carbons (Fsp3) is 0.278. The van der Waals surface area contributed by atoms with Crippen molar-refractivity contribution in [3.63, 3.8) is 0 Å². The van der Waals surface area contributed by atoms with Gasteiger partial charge in [-0.15, -0.1) is 0 Å². The molecule has 0 saturated carbocycles. The van der Waals surface area contributed by atoms with Gasteiger partial charge in [-0.2, -0.15) is 0 Å². The lowest BCUT2D eigenvalue weighted by Gasteiger charge is -2.17. The second-order valence-corrected chi connectivity index (χ2v) is 7.73. The molecule has 4 nitrogen and oxygen atoms in total. The van der Waals surface area contributed by atoms with Gasteiger partial charge in [0.05, 0.1) is 10.6 Å². The van der Waals surface area contributed by atoms with E-state index in [4.69, 9.17) is 0 Å². The number of benzene rings is 2. The fourth-order valence-electron chi connectivity index (χ4n) is 2.22. The quantitative estimate of drug-likeness (QED) is 0.818. The molecule has 5 heteroatoms. The van der Waals surface area contributed by atoms with Crippen LogP contribution in [0.2, 0.25) is 0 Å². The number of hydrogen-bond acceptors (Lipinski definition) is 3. The average molecular weight is 331 g/mol. The number of aryl methyl sites for hydroxylation is 1. The van der Waals surface area contributed by atoms with Crippen molar-refractivity contribution in [1.29, 1.82) is 0 Å². The summed E-state index contributed by atoms with van der Waals surface area (Å²) >= 11 is 0. The van der Waals surface area contributed by atoms with E-state index in [-0.39, 0.29) is 23.0 Å². The molecular formula is C18H21NO3S. The molecule has 2 rings (SSSR count). The number of rotatable bonds is 6.